The standard InChI is InChI=1S/C23H29FN4O3/c1-3-31-13-10-25-21(29)16-4-6-18(7-5-16)28-11-8-17-14-19(26-20(17)28)22(30)27-12-9-23(2,24)15-27/h4-7,14,26H,3,8-13,15H2,1-2H3,(H,25,29). The van der Waals surface area contributed by atoms with Gasteiger partial charge in [0.05, 0.1) is 13.2 Å². The number of nitrogens with one attached hydrogen (secondary N) is 2. The summed E-state index contributed by atoms with van der Waals surface area (Å²) in [5, 5.41) is 2.83. The molecule has 1 fully saturated rings. The van der Waals surface area contributed by atoms with Crippen molar-refractivity contribution in [2.45, 2.75) is 32.4 Å². The van der Waals surface area contributed by atoms with E-state index in [1.165, 1.54) is 0 Å². The Bertz CT molecular complexity index is 954. The molecule has 2 aromatic rings. The van der Waals surface area contributed by atoms with Crippen molar-refractivity contribution in [1.82, 2.24) is 15.2 Å². The molecule has 3 heterocycles. The largest absolute Gasteiger partial charge is 0.380 e. The van der Waals surface area contributed by atoms with E-state index in [1.807, 2.05) is 25.1 Å². The second-order valence-electron chi connectivity index (χ2n) is 8.35. The molecule has 1 saturated heterocycles. The van der Waals surface area contributed by atoms with Gasteiger partial charge in [-0.2, -0.15) is 0 Å². The molecule has 0 bridgehead atoms. The van der Waals surface area contributed by atoms with Crippen molar-refractivity contribution in [1.29, 1.82) is 0 Å². The Morgan fingerprint density at radius 1 is 1.26 bits per heavy atom. The molecule has 4 rings (SSSR count). The SMILES string of the molecule is CCOCCNC(=O)c1ccc(N2CCc3cc(C(=O)N4CCC(C)(F)C4)[nH]c32)cc1. The van der Waals surface area contributed by atoms with Gasteiger partial charge in [0, 0.05) is 43.9 Å². The first-order chi connectivity index (χ1) is 14.9. The average Bonchev–Trinajstić information content (AvgIpc) is 3.44. The number of nitrogens with zero attached hydrogens (tertiary/aromatic N) is 2. The molecule has 1 aromatic heterocycles. The number of alkyl halides is 1. The molecule has 31 heavy (non-hydrogen) atoms. The van der Waals surface area contributed by atoms with Crippen LogP contribution in [-0.2, 0) is 11.2 Å². The fourth-order valence-corrected chi connectivity index (χ4v) is 4.18. The number of hydrogen-bond acceptors (Lipinski definition) is 4. The molecule has 2 amide bonds. The van der Waals surface area contributed by atoms with Gasteiger partial charge in [0.2, 0.25) is 0 Å². The summed E-state index contributed by atoms with van der Waals surface area (Å²) in [6.45, 7) is 6.41. The van der Waals surface area contributed by atoms with E-state index in [4.69, 9.17) is 4.74 Å². The molecule has 2 aliphatic heterocycles. The third-order valence-electron chi connectivity index (χ3n) is 5.87. The van der Waals surface area contributed by atoms with Crippen LogP contribution in [0.1, 0.15) is 46.7 Å². The molecule has 8 heteroatoms. The van der Waals surface area contributed by atoms with E-state index >= 15 is 0 Å². The number of rotatable bonds is 7. The molecular formula is C23H29FN4O3. The number of halogens is 1. The Hall–Kier alpha value is -2.87. The molecular weight excluding hydrogens is 399 g/mol. The first kappa shape index (κ1) is 21.4. The average molecular weight is 429 g/mol. The van der Waals surface area contributed by atoms with Gasteiger partial charge in [0.15, 0.2) is 0 Å². The number of ether oxygens (including phenoxy) is 1. The van der Waals surface area contributed by atoms with E-state index < -0.39 is 5.67 Å². The molecule has 166 valence electrons. The number of aromatic amines is 1. The molecule has 0 spiro atoms. The normalized spacial score (nSPS) is 20.2. The second kappa shape index (κ2) is 8.70. The van der Waals surface area contributed by atoms with Gasteiger partial charge in [-0.25, -0.2) is 4.39 Å². The van der Waals surface area contributed by atoms with Crippen molar-refractivity contribution in [3.8, 4) is 0 Å². The molecule has 1 unspecified atom stereocenters. The number of anilines is 2. The fraction of sp³-hybridized carbons (Fsp3) is 0.478. The molecule has 0 saturated carbocycles. The molecule has 0 aliphatic carbocycles. The Morgan fingerprint density at radius 3 is 2.71 bits per heavy atom. The highest BCUT2D eigenvalue weighted by atomic mass is 19.1. The van der Waals surface area contributed by atoms with Crippen LogP contribution in [0.15, 0.2) is 30.3 Å². The van der Waals surface area contributed by atoms with Crippen LogP contribution in [0, 0.1) is 0 Å². The summed E-state index contributed by atoms with van der Waals surface area (Å²) in [7, 11) is 0. The lowest BCUT2D eigenvalue weighted by atomic mass is 10.1. The van der Waals surface area contributed by atoms with Crippen LogP contribution in [0.4, 0.5) is 15.9 Å². The van der Waals surface area contributed by atoms with Gasteiger partial charge in [-0.15, -0.1) is 0 Å². The third-order valence-corrected chi connectivity index (χ3v) is 5.87. The molecule has 1 atom stereocenters. The number of fused-ring (bicyclic) bond motifs is 1. The summed E-state index contributed by atoms with van der Waals surface area (Å²) < 4.78 is 19.4. The van der Waals surface area contributed by atoms with Gasteiger partial charge in [0.1, 0.15) is 17.2 Å². The lowest BCUT2D eigenvalue weighted by molar-refractivity contribution is 0.0755. The van der Waals surface area contributed by atoms with Crippen molar-refractivity contribution in [2.75, 3.05) is 44.3 Å². The van der Waals surface area contributed by atoms with Crippen molar-refractivity contribution in [2.24, 2.45) is 0 Å². The Labute approximate surface area is 181 Å². The molecule has 2 aliphatic rings. The minimum atomic E-state index is -1.31. The topological polar surface area (TPSA) is 77.7 Å². The number of aromatic nitrogens is 1. The van der Waals surface area contributed by atoms with Gasteiger partial charge >= 0.3 is 0 Å². The first-order valence-electron chi connectivity index (χ1n) is 10.8. The highest BCUT2D eigenvalue weighted by Gasteiger charge is 2.37. The lowest BCUT2D eigenvalue weighted by Gasteiger charge is -2.20. The number of carbonyl (C=O) groups excluding carboxylic acids is 2. The summed E-state index contributed by atoms with van der Waals surface area (Å²) >= 11 is 0. The van der Waals surface area contributed by atoms with Crippen molar-refractivity contribution in [3.05, 3.63) is 47.2 Å². The van der Waals surface area contributed by atoms with Gasteiger partial charge in [-0.05, 0) is 56.2 Å². The Balaban J connectivity index is 1.42. The molecule has 1 aromatic carbocycles. The van der Waals surface area contributed by atoms with E-state index in [0.29, 0.717) is 44.0 Å². The zero-order chi connectivity index (χ0) is 22.0. The summed E-state index contributed by atoms with van der Waals surface area (Å²) in [5.41, 5.74) is 1.79. The highest BCUT2D eigenvalue weighted by Crippen LogP contribution is 2.35. The molecule has 2 N–H and O–H groups in total. The maximum atomic E-state index is 14.1. The summed E-state index contributed by atoms with van der Waals surface area (Å²) in [5.74, 6) is 0.598. The highest BCUT2D eigenvalue weighted by molar-refractivity contribution is 5.95. The number of H-pyrrole nitrogens is 1. The molecule has 7 nitrogen and oxygen atoms in total. The van der Waals surface area contributed by atoms with E-state index in [0.717, 1.165) is 30.0 Å². The van der Waals surface area contributed by atoms with Crippen LogP contribution in [0.3, 0.4) is 0 Å². The van der Waals surface area contributed by atoms with Crippen LogP contribution in [-0.4, -0.2) is 66.8 Å². The summed E-state index contributed by atoms with van der Waals surface area (Å²) in [4.78, 5) is 31.9. The number of benzene rings is 1. The number of carbonyl (C=O) groups is 2. The van der Waals surface area contributed by atoms with Gasteiger partial charge in [-0.1, -0.05) is 0 Å². The summed E-state index contributed by atoms with van der Waals surface area (Å²) in [6.07, 6.45) is 1.19. The maximum absolute atomic E-state index is 14.1. The van der Waals surface area contributed by atoms with E-state index in [9.17, 15) is 14.0 Å². The van der Waals surface area contributed by atoms with Crippen molar-refractivity contribution in [3.63, 3.8) is 0 Å². The van der Waals surface area contributed by atoms with Crippen LogP contribution in [0.2, 0.25) is 0 Å². The van der Waals surface area contributed by atoms with Crippen LogP contribution in [0.25, 0.3) is 0 Å². The number of hydrogen-bond donors (Lipinski definition) is 2. The minimum Gasteiger partial charge on any atom is -0.380 e. The zero-order valence-electron chi connectivity index (χ0n) is 18.0. The van der Waals surface area contributed by atoms with Crippen LogP contribution >= 0.6 is 0 Å². The number of amides is 2. The van der Waals surface area contributed by atoms with Gasteiger partial charge in [-0.3, -0.25) is 9.59 Å². The zero-order valence-corrected chi connectivity index (χ0v) is 18.0. The summed E-state index contributed by atoms with van der Waals surface area (Å²) in [6, 6.07) is 9.29. The van der Waals surface area contributed by atoms with E-state index in [-0.39, 0.29) is 18.4 Å². The van der Waals surface area contributed by atoms with Gasteiger partial charge < -0.3 is 24.8 Å². The maximum Gasteiger partial charge on any atom is 0.270 e. The predicted molar refractivity (Wildman–Crippen MR) is 117 cm³/mol. The predicted octanol–water partition coefficient (Wildman–Crippen LogP) is 3.05. The first-order valence-corrected chi connectivity index (χ1v) is 10.8. The van der Waals surface area contributed by atoms with E-state index in [1.54, 1.807) is 24.0 Å². The monoisotopic (exact) mass is 428 g/mol. The smallest absolute Gasteiger partial charge is 0.270 e. The second-order valence-corrected chi connectivity index (χ2v) is 8.35. The molecule has 0 radical (unpaired) electrons. The van der Waals surface area contributed by atoms with Crippen molar-refractivity contribution >= 4 is 23.3 Å². The van der Waals surface area contributed by atoms with E-state index in [2.05, 4.69) is 15.2 Å². The quantitative estimate of drug-likeness (QED) is 0.665. The lowest BCUT2D eigenvalue weighted by Crippen LogP contribution is -2.32. The number of likely N-dealkylation sites (tertiary alicyclic amines) is 1. The minimum absolute atomic E-state index is 0.132. The van der Waals surface area contributed by atoms with Gasteiger partial charge in [0.25, 0.3) is 11.8 Å². The fourth-order valence-electron chi connectivity index (χ4n) is 4.18. The van der Waals surface area contributed by atoms with Crippen molar-refractivity contribution < 1.29 is 18.7 Å². The third kappa shape index (κ3) is 4.58. The Morgan fingerprint density at radius 2 is 2.03 bits per heavy atom. The van der Waals surface area contributed by atoms with Crippen LogP contribution in [0.5, 0.6) is 0 Å². The Kier molecular flexibility index (Phi) is 6.00. The van der Waals surface area contributed by atoms with Crippen LogP contribution < -0.4 is 10.2 Å².